The summed E-state index contributed by atoms with van der Waals surface area (Å²) in [5.41, 5.74) is 1.69. The average molecular weight is 410 g/mol. The molecule has 0 aliphatic carbocycles. The van der Waals surface area contributed by atoms with Gasteiger partial charge < -0.3 is 19.4 Å². The highest BCUT2D eigenvalue weighted by atomic mass is 16.5. The summed E-state index contributed by atoms with van der Waals surface area (Å²) in [5.74, 6) is 2.62. The zero-order chi connectivity index (χ0) is 21.6. The molecule has 1 aromatic heterocycles. The Morgan fingerprint density at radius 1 is 1.10 bits per heavy atom. The van der Waals surface area contributed by atoms with Gasteiger partial charge in [0.15, 0.2) is 0 Å². The Morgan fingerprint density at radius 3 is 2.63 bits per heavy atom. The van der Waals surface area contributed by atoms with Gasteiger partial charge in [-0.1, -0.05) is 39.0 Å². The molecule has 0 spiro atoms. The van der Waals surface area contributed by atoms with Crippen LogP contribution in [-0.4, -0.2) is 35.7 Å². The standard InChI is InChI=1S/C24H31N3O3/c1-24(2,3)23(28)25-14-13-22-26-20-11-5-6-12-21(20)27(22)15-8-16-30-19-10-7-9-18(17-19)29-4/h5-7,9-12,17H,8,13-16H2,1-4H3,(H,25,28). The zero-order valence-electron chi connectivity index (χ0n) is 18.3. The lowest BCUT2D eigenvalue weighted by Gasteiger charge is -2.17. The van der Waals surface area contributed by atoms with Gasteiger partial charge in [0.2, 0.25) is 5.91 Å². The molecule has 160 valence electrons. The van der Waals surface area contributed by atoms with Crippen molar-refractivity contribution in [2.24, 2.45) is 5.41 Å². The zero-order valence-corrected chi connectivity index (χ0v) is 18.3. The number of aryl methyl sites for hydroxylation is 1. The number of fused-ring (bicyclic) bond motifs is 1. The molecule has 1 N–H and O–H groups in total. The van der Waals surface area contributed by atoms with Crippen LogP contribution in [0.15, 0.2) is 48.5 Å². The number of imidazole rings is 1. The smallest absolute Gasteiger partial charge is 0.225 e. The Kier molecular flexibility index (Phi) is 6.98. The van der Waals surface area contributed by atoms with Crippen molar-refractivity contribution in [2.75, 3.05) is 20.3 Å². The summed E-state index contributed by atoms with van der Waals surface area (Å²) in [7, 11) is 1.65. The number of para-hydroxylation sites is 2. The van der Waals surface area contributed by atoms with E-state index in [-0.39, 0.29) is 5.91 Å². The molecule has 30 heavy (non-hydrogen) atoms. The van der Waals surface area contributed by atoms with Crippen molar-refractivity contribution in [1.29, 1.82) is 0 Å². The van der Waals surface area contributed by atoms with Gasteiger partial charge in [-0.25, -0.2) is 4.98 Å². The fourth-order valence-electron chi connectivity index (χ4n) is 3.22. The Labute approximate surface area is 178 Å². The maximum Gasteiger partial charge on any atom is 0.225 e. The van der Waals surface area contributed by atoms with Crippen LogP contribution in [0, 0.1) is 5.41 Å². The lowest BCUT2D eigenvalue weighted by atomic mass is 9.96. The Balaban J connectivity index is 1.62. The van der Waals surface area contributed by atoms with E-state index in [1.165, 1.54) is 0 Å². The van der Waals surface area contributed by atoms with Gasteiger partial charge in [0.1, 0.15) is 17.3 Å². The number of carbonyl (C=O) groups excluding carboxylic acids is 1. The van der Waals surface area contributed by atoms with Crippen LogP contribution >= 0.6 is 0 Å². The van der Waals surface area contributed by atoms with E-state index in [9.17, 15) is 4.79 Å². The van der Waals surface area contributed by atoms with E-state index in [0.29, 0.717) is 19.6 Å². The maximum absolute atomic E-state index is 12.1. The van der Waals surface area contributed by atoms with Gasteiger partial charge in [0, 0.05) is 31.0 Å². The third-order valence-electron chi connectivity index (χ3n) is 4.88. The second-order valence-corrected chi connectivity index (χ2v) is 8.31. The number of amides is 1. The fourth-order valence-corrected chi connectivity index (χ4v) is 3.22. The predicted octanol–water partition coefficient (Wildman–Crippen LogP) is 4.22. The molecule has 0 saturated heterocycles. The van der Waals surface area contributed by atoms with Crippen molar-refractivity contribution in [3.05, 3.63) is 54.4 Å². The summed E-state index contributed by atoms with van der Waals surface area (Å²) in [6, 6.07) is 15.8. The molecular weight excluding hydrogens is 378 g/mol. The normalized spacial score (nSPS) is 11.5. The molecule has 0 aliphatic heterocycles. The highest BCUT2D eigenvalue weighted by molar-refractivity contribution is 5.81. The van der Waals surface area contributed by atoms with E-state index in [4.69, 9.17) is 14.5 Å². The summed E-state index contributed by atoms with van der Waals surface area (Å²) >= 11 is 0. The van der Waals surface area contributed by atoms with E-state index in [2.05, 4.69) is 16.0 Å². The molecule has 0 bridgehead atoms. The van der Waals surface area contributed by atoms with Crippen molar-refractivity contribution >= 4 is 16.9 Å². The number of methoxy groups -OCH3 is 1. The van der Waals surface area contributed by atoms with E-state index >= 15 is 0 Å². The van der Waals surface area contributed by atoms with Crippen LogP contribution in [0.1, 0.15) is 33.0 Å². The Hall–Kier alpha value is -3.02. The molecule has 3 rings (SSSR count). The van der Waals surface area contributed by atoms with Crippen molar-refractivity contribution in [3.63, 3.8) is 0 Å². The van der Waals surface area contributed by atoms with Crippen LogP contribution in [0.4, 0.5) is 0 Å². The monoisotopic (exact) mass is 409 g/mol. The first-order chi connectivity index (χ1) is 14.4. The number of rotatable bonds is 9. The average Bonchev–Trinajstić information content (AvgIpc) is 3.08. The van der Waals surface area contributed by atoms with E-state index in [1.807, 2.05) is 63.2 Å². The topological polar surface area (TPSA) is 65.4 Å². The van der Waals surface area contributed by atoms with Crippen LogP contribution in [0.25, 0.3) is 11.0 Å². The predicted molar refractivity (Wildman–Crippen MR) is 119 cm³/mol. The fraction of sp³-hybridized carbons (Fsp3) is 0.417. The van der Waals surface area contributed by atoms with Gasteiger partial charge in [-0.2, -0.15) is 0 Å². The minimum atomic E-state index is -0.391. The molecule has 0 saturated carbocycles. The first-order valence-corrected chi connectivity index (χ1v) is 10.4. The number of benzene rings is 2. The summed E-state index contributed by atoms with van der Waals surface area (Å²) in [6.45, 7) is 7.71. The Morgan fingerprint density at radius 2 is 1.87 bits per heavy atom. The molecule has 6 nitrogen and oxygen atoms in total. The molecule has 0 fully saturated rings. The number of hydrogen-bond donors (Lipinski definition) is 1. The highest BCUT2D eigenvalue weighted by Crippen LogP contribution is 2.20. The quantitative estimate of drug-likeness (QED) is 0.538. The number of nitrogens with one attached hydrogen (secondary N) is 1. The SMILES string of the molecule is COc1cccc(OCCCn2c(CCNC(=O)C(C)(C)C)nc3ccccc32)c1. The van der Waals surface area contributed by atoms with Crippen molar-refractivity contribution < 1.29 is 14.3 Å². The van der Waals surface area contributed by atoms with Gasteiger partial charge in [0.05, 0.1) is 24.8 Å². The summed E-state index contributed by atoms with van der Waals surface area (Å²) < 4.78 is 13.3. The van der Waals surface area contributed by atoms with E-state index in [1.54, 1.807) is 7.11 Å². The van der Waals surface area contributed by atoms with Crippen LogP contribution in [0.5, 0.6) is 11.5 Å². The van der Waals surface area contributed by atoms with Crippen molar-refractivity contribution in [2.45, 2.75) is 40.2 Å². The number of ether oxygens (including phenoxy) is 2. The lowest BCUT2D eigenvalue weighted by molar-refractivity contribution is -0.128. The first-order valence-electron chi connectivity index (χ1n) is 10.4. The van der Waals surface area contributed by atoms with Gasteiger partial charge >= 0.3 is 0 Å². The molecule has 3 aromatic rings. The van der Waals surface area contributed by atoms with E-state index in [0.717, 1.165) is 41.3 Å². The molecule has 0 aliphatic rings. The number of carbonyl (C=O) groups is 1. The molecule has 0 atom stereocenters. The molecule has 0 unspecified atom stereocenters. The van der Waals surface area contributed by atoms with Gasteiger partial charge in [-0.3, -0.25) is 4.79 Å². The first kappa shape index (κ1) is 21.7. The lowest BCUT2D eigenvalue weighted by Crippen LogP contribution is -2.36. The van der Waals surface area contributed by atoms with E-state index < -0.39 is 5.41 Å². The minimum absolute atomic E-state index is 0.0526. The largest absolute Gasteiger partial charge is 0.497 e. The second kappa shape index (κ2) is 9.65. The van der Waals surface area contributed by atoms with Crippen LogP contribution in [0.2, 0.25) is 0 Å². The van der Waals surface area contributed by atoms with Crippen LogP contribution in [0.3, 0.4) is 0 Å². The molecule has 1 heterocycles. The van der Waals surface area contributed by atoms with Gasteiger partial charge in [-0.05, 0) is 30.7 Å². The molecular formula is C24H31N3O3. The van der Waals surface area contributed by atoms with Crippen molar-refractivity contribution in [1.82, 2.24) is 14.9 Å². The summed E-state index contributed by atoms with van der Waals surface area (Å²) in [4.78, 5) is 16.9. The number of nitrogens with zero attached hydrogens (tertiary/aromatic N) is 2. The molecule has 0 radical (unpaired) electrons. The third kappa shape index (κ3) is 5.53. The highest BCUT2D eigenvalue weighted by Gasteiger charge is 2.20. The number of hydrogen-bond acceptors (Lipinski definition) is 4. The molecule has 6 heteroatoms. The van der Waals surface area contributed by atoms with Gasteiger partial charge in [-0.15, -0.1) is 0 Å². The maximum atomic E-state index is 12.1. The third-order valence-corrected chi connectivity index (χ3v) is 4.88. The van der Waals surface area contributed by atoms with Crippen molar-refractivity contribution in [3.8, 4) is 11.5 Å². The van der Waals surface area contributed by atoms with Gasteiger partial charge in [0.25, 0.3) is 0 Å². The van der Waals surface area contributed by atoms with Crippen LogP contribution < -0.4 is 14.8 Å². The van der Waals surface area contributed by atoms with Crippen LogP contribution in [-0.2, 0) is 17.8 Å². The Bertz CT molecular complexity index is 989. The summed E-state index contributed by atoms with van der Waals surface area (Å²) in [6.07, 6.45) is 1.53. The summed E-state index contributed by atoms with van der Waals surface area (Å²) in [5, 5.41) is 3.01. The molecule has 1 amide bonds. The second-order valence-electron chi connectivity index (χ2n) is 8.31. The minimum Gasteiger partial charge on any atom is -0.497 e. The number of aromatic nitrogens is 2. The molecule has 2 aromatic carbocycles.